The van der Waals surface area contributed by atoms with E-state index in [-0.39, 0.29) is 18.2 Å². The van der Waals surface area contributed by atoms with Gasteiger partial charge in [-0.15, -0.1) is 0 Å². The minimum atomic E-state index is -0.791. The van der Waals surface area contributed by atoms with E-state index in [1.54, 1.807) is 36.5 Å². The lowest BCUT2D eigenvalue weighted by Gasteiger charge is -2.24. The van der Waals surface area contributed by atoms with Crippen molar-refractivity contribution < 1.29 is 14.3 Å². The Balaban J connectivity index is 1.63. The summed E-state index contributed by atoms with van der Waals surface area (Å²) in [5.41, 5.74) is 2.04. The molecule has 2 heterocycles. The number of fused-ring (bicyclic) bond motifs is 1. The van der Waals surface area contributed by atoms with E-state index in [0.29, 0.717) is 32.9 Å². The zero-order valence-corrected chi connectivity index (χ0v) is 16.8. The highest BCUT2D eigenvalue weighted by Gasteiger charge is 2.33. The minimum absolute atomic E-state index is 0.0234. The van der Waals surface area contributed by atoms with Gasteiger partial charge in [-0.1, -0.05) is 35.3 Å². The number of methoxy groups -OCH3 is 1. The summed E-state index contributed by atoms with van der Waals surface area (Å²) in [5, 5.41) is 10.9. The van der Waals surface area contributed by atoms with E-state index in [1.165, 1.54) is 11.8 Å². The van der Waals surface area contributed by atoms with Gasteiger partial charge in [0.25, 0.3) is 0 Å². The first-order valence-corrected chi connectivity index (χ1v) is 9.49. The van der Waals surface area contributed by atoms with Gasteiger partial charge in [-0.05, 0) is 35.9 Å². The summed E-state index contributed by atoms with van der Waals surface area (Å²) in [7, 11) is 1.51. The van der Waals surface area contributed by atoms with E-state index in [1.807, 2.05) is 12.1 Å². The van der Waals surface area contributed by atoms with Crippen molar-refractivity contribution in [3.63, 3.8) is 0 Å². The summed E-state index contributed by atoms with van der Waals surface area (Å²) in [6.07, 6.45) is 1.60. The Kier molecular flexibility index (Phi) is 5.17. The SMILES string of the molecule is COc1ccc(NC(=O)[C@@H]2CC(=O)Nc3c(-c4ccc(Cl)cc4)cnn32)cc1Cl. The molecule has 0 fully saturated rings. The van der Waals surface area contributed by atoms with E-state index in [2.05, 4.69) is 15.7 Å². The third-order valence-corrected chi connectivity index (χ3v) is 5.15. The maximum atomic E-state index is 12.9. The molecule has 1 aromatic heterocycles. The molecule has 9 heteroatoms. The Bertz CT molecular complexity index is 1100. The molecule has 1 aliphatic heterocycles. The van der Waals surface area contributed by atoms with Crippen LogP contribution in [0.2, 0.25) is 10.0 Å². The van der Waals surface area contributed by atoms with Crippen LogP contribution in [0.25, 0.3) is 11.1 Å². The first-order chi connectivity index (χ1) is 14.0. The van der Waals surface area contributed by atoms with Crippen LogP contribution in [0.5, 0.6) is 5.75 Å². The van der Waals surface area contributed by atoms with Crippen molar-refractivity contribution in [3.8, 4) is 16.9 Å². The second-order valence-electron chi connectivity index (χ2n) is 6.46. The number of nitrogens with one attached hydrogen (secondary N) is 2. The number of carbonyl (C=O) groups is 2. The highest BCUT2D eigenvalue weighted by molar-refractivity contribution is 6.32. The number of halogens is 2. The van der Waals surface area contributed by atoms with Gasteiger partial charge in [-0.3, -0.25) is 9.59 Å². The summed E-state index contributed by atoms with van der Waals surface area (Å²) < 4.78 is 6.63. The topological polar surface area (TPSA) is 85.2 Å². The van der Waals surface area contributed by atoms with Crippen LogP contribution >= 0.6 is 23.2 Å². The van der Waals surface area contributed by atoms with Crippen LogP contribution < -0.4 is 15.4 Å². The Hall–Kier alpha value is -3.03. The molecule has 0 saturated carbocycles. The first kappa shape index (κ1) is 19.3. The second kappa shape index (κ2) is 7.77. The molecule has 2 amide bonds. The molecular weight excluding hydrogens is 415 g/mol. The van der Waals surface area contributed by atoms with Gasteiger partial charge in [0, 0.05) is 16.3 Å². The molecule has 148 valence electrons. The van der Waals surface area contributed by atoms with Crippen LogP contribution in [0.15, 0.2) is 48.7 Å². The summed E-state index contributed by atoms with van der Waals surface area (Å²) in [5.74, 6) is 0.342. The molecule has 2 N–H and O–H groups in total. The van der Waals surface area contributed by atoms with E-state index < -0.39 is 6.04 Å². The molecule has 1 aliphatic rings. The Labute approximate surface area is 176 Å². The van der Waals surface area contributed by atoms with Crippen molar-refractivity contribution >= 4 is 46.5 Å². The zero-order chi connectivity index (χ0) is 20.5. The van der Waals surface area contributed by atoms with E-state index >= 15 is 0 Å². The average Bonchev–Trinajstić information content (AvgIpc) is 3.11. The Morgan fingerprint density at radius 1 is 1.24 bits per heavy atom. The van der Waals surface area contributed by atoms with E-state index in [9.17, 15) is 9.59 Å². The van der Waals surface area contributed by atoms with Gasteiger partial charge in [0.2, 0.25) is 11.8 Å². The largest absolute Gasteiger partial charge is 0.495 e. The molecule has 4 rings (SSSR count). The normalized spacial score (nSPS) is 15.4. The van der Waals surface area contributed by atoms with Crippen molar-refractivity contribution in [1.29, 1.82) is 0 Å². The van der Waals surface area contributed by atoms with Gasteiger partial charge in [0.05, 0.1) is 24.8 Å². The molecule has 0 spiro atoms. The minimum Gasteiger partial charge on any atom is -0.495 e. The molecule has 0 saturated heterocycles. The fourth-order valence-electron chi connectivity index (χ4n) is 3.18. The quantitative estimate of drug-likeness (QED) is 0.642. The molecule has 2 aromatic carbocycles. The number of rotatable bonds is 4. The van der Waals surface area contributed by atoms with Gasteiger partial charge >= 0.3 is 0 Å². The predicted octanol–water partition coefficient (Wildman–Crippen LogP) is 4.39. The number of hydrogen-bond donors (Lipinski definition) is 2. The summed E-state index contributed by atoms with van der Waals surface area (Å²) in [6, 6.07) is 11.3. The van der Waals surface area contributed by atoms with Crippen molar-refractivity contribution in [1.82, 2.24) is 9.78 Å². The van der Waals surface area contributed by atoms with Crippen LogP contribution in [-0.4, -0.2) is 28.7 Å². The lowest BCUT2D eigenvalue weighted by Crippen LogP contribution is -2.35. The number of amides is 2. The Morgan fingerprint density at radius 3 is 2.69 bits per heavy atom. The summed E-state index contributed by atoms with van der Waals surface area (Å²) in [6.45, 7) is 0. The maximum absolute atomic E-state index is 12.9. The predicted molar refractivity (Wildman–Crippen MR) is 112 cm³/mol. The van der Waals surface area contributed by atoms with Crippen LogP contribution in [0, 0.1) is 0 Å². The monoisotopic (exact) mass is 430 g/mol. The van der Waals surface area contributed by atoms with Crippen LogP contribution in [0.4, 0.5) is 11.5 Å². The number of benzene rings is 2. The first-order valence-electron chi connectivity index (χ1n) is 8.74. The lowest BCUT2D eigenvalue weighted by atomic mass is 10.1. The molecule has 0 bridgehead atoms. The van der Waals surface area contributed by atoms with Crippen molar-refractivity contribution in [2.75, 3.05) is 17.7 Å². The molecule has 0 unspecified atom stereocenters. The fraction of sp³-hybridized carbons (Fsp3) is 0.150. The molecule has 7 nitrogen and oxygen atoms in total. The molecule has 3 aromatic rings. The van der Waals surface area contributed by atoms with Crippen molar-refractivity contribution in [2.45, 2.75) is 12.5 Å². The summed E-state index contributed by atoms with van der Waals surface area (Å²) in [4.78, 5) is 25.2. The van der Waals surface area contributed by atoms with Crippen LogP contribution in [0.3, 0.4) is 0 Å². The highest BCUT2D eigenvalue weighted by Crippen LogP contribution is 2.35. The highest BCUT2D eigenvalue weighted by atomic mass is 35.5. The van der Waals surface area contributed by atoms with Gasteiger partial charge in [0.15, 0.2) is 0 Å². The number of carbonyl (C=O) groups excluding carboxylic acids is 2. The van der Waals surface area contributed by atoms with Gasteiger partial charge in [-0.25, -0.2) is 4.68 Å². The summed E-state index contributed by atoms with van der Waals surface area (Å²) >= 11 is 12.1. The van der Waals surface area contributed by atoms with Gasteiger partial charge in [-0.2, -0.15) is 5.10 Å². The van der Waals surface area contributed by atoms with Crippen molar-refractivity contribution in [2.24, 2.45) is 0 Å². The third kappa shape index (κ3) is 3.79. The molecule has 0 aliphatic carbocycles. The molecular formula is C20H16Cl2N4O3. The van der Waals surface area contributed by atoms with Crippen LogP contribution in [0.1, 0.15) is 12.5 Å². The molecule has 29 heavy (non-hydrogen) atoms. The zero-order valence-electron chi connectivity index (χ0n) is 15.3. The number of ether oxygens (including phenoxy) is 1. The lowest BCUT2D eigenvalue weighted by molar-refractivity contribution is -0.125. The Morgan fingerprint density at radius 2 is 2.00 bits per heavy atom. The van der Waals surface area contributed by atoms with E-state index in [0.717, 1.165) is 5.56 Å². The number of anilines is 2. The van der Waals surface area contributed by atoms with Gasteiger partial charge in [0.1, 0.15) is 17.6 Å². The average molecular weight is 431 g/mol. The molecule has 1 atom stereocenters. The van der Waals surface area contributed by atoms with E-state index in [4.69, 9.17) is 27.9 Å². The standard InChI is InChI=1S/C20H16Cl2N4O3/c1-29-17-7-6-13(8-15(17)22)24-20(28)16-9-18(27)25-19-14(10-23-26(16)19)11-2-4-12(21)5-3-11/h2-8,10,16H,9H2,1H3,(H,24,28)(H,25,27)/t16-/m0/s1. The number of nitrogens with zero attached hydrogens (tertiary/aromatic N) is 2. The third-order valence-electron chi connectivity index (χ3n) is 4.60. The van der Waals surface area contributed by atoms with Crippen molar-refractivity contribution in [3.05, 3.63) is 58.7 Å². The second-order valence-corrected chi connectivity index (χ2v) is 7.31. The number of aromatic nitrogens is 2. The smallest absolute Gasteiger partial charge is 0.249 e. The molecule has 0 radical (unpaired) electrons. The van der Waals surface area contributed by atoms with Gasteiger partial charge < -0.3 is 15.4 Å². The fourth-order valence-corrected chi connectivity index (χ4v) is 3.57. The van der Waals surface area contributed by atoms with Crippen LogP contribution in [-0.2, 0) is 9.59 Å². The maximum Gasteiger partial charge on any atom is 0.249 e. The number of hydrogen-bond acceptors (Lipinski definition) is 4.